The van der Waals surface area contributed by atoms with Crippen molar-refractivity contribution >= 4 is 25.2 Å². The number of hydrogen-bond acceptors (Lipinski definition) is 4. The van der Waals surface area contributed by atoms with E-state index in [-0.39, 0.29) is 5.04 Å². The molecule has 0 saturated carbocycles. The highest BCUT2D eigenvalue weighted by Crippen LogP contribution is 2.37. The van der Waals surface area contributed by atoms with Crippen LogP contribution in [0.25, 0.3) is 6.08 Å². The molecule has 35 heavy (non-hydrogen) atoms. The van der Waals surface area contributed by atoms with Gasteiger partial charge in [-0.05, 0) is 74.3 Å². The second-order valence-electron chi connectivity index (χ2n) is 10.1. The van der Waals surface area contributed by atoms with Gasteiger partial charge in [-0.1, -0.05) is 62.7 Å². The molecule has 0 amide bonds. The second kappa shape index (κ2) is 13.5. The second-order valence-corrected chi connectivity index (χ2v) is 16.2. The van der Waals surface area contributed by atoms with Crippen LogP contribution in [0.4, 0.5) is 0 Å². The van der Waals surface area contributed by atoms with Crippen molar-refractivity contribution in [1.82, 2.24) is 0 Å². The van der Waals surface area contributed by atoms with Crippen molar-refractivity contribution in [3.05, 3.63) is 82.3 Å². The summed E-state index contributed by atoms with van der Waals surface area (Å²) in [6, 6.07) is 15.9. The molecule has 0 aromatic heterocycles. The van der Waals surface area contributed by atoms with Gasteiger partial charge in [-0.25, -0.2) is 4.21 Å². The molecule has 0 aliphatic carbocycles. The molecule has 2 aromatic rings. The van der Waals surface area contributed by atoms with Gasteiger partial charge in [0.25, 0.3) is 0 Å². The first-order valence-electron chi connectivity index (χ1n) is 12.3. The summed E-state index contributed by atoms with van der Waals surface area (Å²) in [5, 5.41) is 1.84. The van der Waals surface area contributed by atoms with Crippen molar-refractivity contribution in [3.63, 3.8) is 0 Å². The Bertz CT molecular complexity index is 1010. The summed E-state index contributed by atoms with van der Waals surface area (Å²) < 4.78 is 31.2. The Morgan fingerprint density at radius 1 is 1.00 bits per heavy atom. The lowest BCUT2D eigenvalue weighted by atomic mass is 10.0. The molecule has 1 atom stereocenters. The molecule has 0 saturated heterocycles. The first kappa shape index (κ1) is 29.4. The van der Waals surface area contributed by atoms with Crippen LogP contribution in [0.1, 0.15) is 57.6 Å². The van der Waals surface area contributed by atoms with Crippen molar-refractivity contribution in [2.45, 2.75) is 70.9 Å². The molecule has 6 heteroatoms. The normalized spacial score (nSPS) is 14.1. The van der Waals surface area contributed by atoms with E-state index in [9.17, 15) is 4.21 Å². The zero-order valence-electron chi connectivity index (χ0n) is 22.6. The molecule has 2 aromatic carbocycles. The molecule has 0 heterocycles. The third-order valence-corrected chi connectivity index (χ3v) is 11.9. The first-order valence-corrected chi connectivity index (χ1v) is 16.4. The Balaban J connectivity index is 2.43. The van der Waals surface area contributed by atoms with Gasteiger partial charge in [0, 0.05) is 29.1 Å². The Labute approximate surface area is 216 Å². The molecule has 0 N–H and O–H groups in total. The maximum atomic E-state index is 12.9. The van der Waals surface area contributed by atoms with Crippen LogP contribution in [-0.4, -0.2) is 32.3 Å². The van der Waals surface area contributed by atoms with E-state index < -0.39 is 25.4 Å². The predicted molar refractivity (Wildman–Crippen MR) is 150 cm³/mol. The molecule has 0 radical (unpaired) electrons. The third-order valence-electron chi connectivity index (χ3n) is 6.29. The van der Waals surface area contributed by atoms with Crippen LogP contribution in [0, 0.1) is 6.92 Å². The van der Waals surface area contributed by atoms with Gasteiger partial charge in [0.15, 0.2) is 14.6 Å². The van der Waals surface area contributed by atoms with Gasteiger partial charge in [0.05, 0.1) is 17.4 Å². The standard InChI is InChI=1S/C29H42O4SSi/c1-9-31-28(32-10-2)27-14-12-11-13-25(27)21-24(22-33-35(7,8)29(4,5)6)19-20-34(30)26-17-15-23(3)16-18-26/h11-21,28H,9-10,22H2,1-8H3/b20-19+,24-21-. The van der Waals surface area contributed by atoms with Crippen LogP contribution in [-0.2, 0) is 24.7 Å². The monoisotopic (exact) mass is 514 g/mol. The van der Waals surface area contributed by atoms with Crippen LogP contribution in [0.15, 0.2) is 70.5 Å². The molecular weight excluding hydrogens is 472 g/mol. The number of benzene rings is 2. The van der Waals surface area contributed by atoms with Gasteiger partial charge < -0.3 is 13.9 Å². The van der Waals surface area contributed by atoms with Crippen LogP contribution in [0.5, 0.6) is 0 Å². The summed E-state index contributed by atoms with van der Waals surface area (Å²) in [5.41, 5.74) is 4.07. The SMILES string of the molecule is CCOC(OCC)c1ccccc1/C=C(/C=C/S(=O)c1ccc(C)cc1)CO[Si](C)(C)C(C)(C)C. The van der Waals surface area contributed by atoms with Crippen molar-refractivity contribution in [2.24, 2.45) is 0 Å². The van der Waals surface area contributed by atoms with E-state index in [1.807, 2.05) is 69.3 Å². The van der Waals surface area contributed by atoms with E-state index in [2.05, 4.69) is 46.0 Å². The van der Waals surface area contributed by atoms with E-state index in [0.717, 1.165) is 27.2 Å². The molecule has 2 rings (SSSR count). The lowest BCUT2D eigenvalue weighted by Crippen LogP contribution is -2.41. The molecule has 0 aliphatic heterocycles. The summed E-state index contributed by atoms with van der Waals surface area (Å²) in [6.45, 7) is 18.7. The van der Waals surface area contributed by atoms with Crippen molar-refractivity contribution < 1.29 is 18.1 Å². The zero-order chi connectivity index (χ0) is 26.1. The Kier molecular flexibility index (Phi) is 11.3. The number of ether oxygens (including phenoxy) is 2. The summed E-state index contributed by atoms with van der Waals surface area (Å²) in [7, 11) is -3.22. The molecule has 0 aliphatic rings. The Morgan fingerprint density at radius 3 is 2.17 bits per heavy atom. The van der Waals surface area contributed by atoms with Gasteiger partial charge in [-0.3, -0.25) is 0 Å². The number of aryl methyl sites for hydroxylation is 1. The third kappa shape index (κ3) is 8.96. The Morgan fingerprint density at radius 2 is 1.60 bits per heavy atom. The van der Waals surface area contributed by atoms with Gasteiger partial charge in [0.1, 0.15) is 0 Å². The minimum absolute atomic E-state index is 0.0967. The maximum absolute atomic E-state index is 12.9. The molecular formula is C29H42O4SSi. The average Bonchev–Trinajstić information content (AvgIpc) is 2.80. The number of hydrogen-bond donors (Lipinski definition) is 0. The van der Waals surface area contributed by atoms with Crippen molar-refractivity contribution in [2.75, 3.05) is 19.8 Å². The van der Waals surface area contributed by atoms with Crippen molar-refractivity contribution in [3.8, 4) is 0 Å². The van der Waals surface area contributed by atoms with Crippen LogP contribution >= 0.6 is 0 Å². The van der Waals surface area contributed by atoms with E-state index >= 15 is 0 Å². The smallest absolute Gasteiger partial charge is 0.192 e. The lowest BCUT2D eigenvalue weighted by molar-refractivity contribution is -0.140. The quantitative estimate of drug-likeness (QED) is 0.165. The lowest BCUT2D eigenvalue weighted by Gasteiger charge is -2.36. The van der Waals surface area contributed by atoms with Gasteiger partial charge >= 0.3 is 0 Å². The topological polar surface area (TPSA) is 44.8 Å². The molecule has 0 spiro atoms. The summed E-state index contributed by atoms with van der Waals surface area (Å²) in [6.07, 6.45) is 3.58. The molecule has 4 nitrogen and oxygen atoms in total. The summed E-state index contributed by atoms with van der Waals surface area (Å²) >= 11 is 0. The average molecular weight is 515 g/mol. The minimum atomic E-state index is -1.97. The van der Waals surface area contributed by atoms with Gasteiger partial charge in [0.2, 0.25) is 0 Å². The van der Waals surface area contributed by atoms with Crippen LogP contribution in [0.3, 0.4) is 0 Å². The van der Waals surface area contributed by atoms with Gasteiger partial charge in [-0.15, -0.1) is 0 Å². The largest absolute Gasteiger partial charge is 0.413 e. The highest BCUT2D eigenvalue weighted by molar-refractivity contribution is 7.88. The summed E-state index contributed by atoms with van der Waals surface area (Å²) in [4.78, 5) is 0.782. The highest BCUT2D eigenvalue weighted by atomic mass is 32.2. The van der Waals surface area contributed by atoms with Crippen LogP contribution < -0.4 is 0 Å². The fourth-order valence-electron chi connectivity index (χ4n) is 3.11. The van der Waals surface area contributed by atoms with E-state index in [1.165, 1.54) is 0 Å². The molecule has 192 valence electrons. The number of rotatable bonds is 12. The highest BCUT2D eigenvalue weighted by Gasteiger charge is 2.37. The minimum Gasteiger partial charge on any atom is -0.413 e. The fraction of sp³-hybridized carbons (Fsp3) is 0.448. The van der Waals surface area contributed by atoms with E-state index in [4.69, 9.17) is 13.9 Å². The van der Waals surface area contributed by atoms with E-state index in [1.54, 1.807) is 5.41 Å². The molecule has 0 bridgehead atoms. The van der Waals surface area contributed by atoms with Gasteiger partial charge in [-0.2, -0.15) is 0 Å². The Hall–Kier alpha value is -1.83. The van der Waals surface area contributed by atoms with E-state index in [0.29, 0.717) is 19.8 Å². The van der Waals surface area contributed by atoms with Crippen LogP contribution in [0.2, 0.25) is 18.1 Å². The van der Waals surface area contributed by atoms with Crippen molar-refractivity contribution in [1.29, 1.82) is 0 Å². The molecule has 1 unspecified atom stereocenters. The molecule has 0 fully saturated rings. The summed E-state index contributed by atoms with van der Waals surface area (Å²) in [5.74, 6) is 0. The first-order chi connectivity index (χ1) is 16.5. The predicted octanol–water partition coefficient (Wildman–Crippen LogP) is 7.79. The fourth-order valence-corrected chi connectivity index (χ4v) is 4.93. The zero-order valence-corrected chi connectivity index (χ0v) is 24.4. The maximum Gasteiger partial charge on any atom is 0.192 e.